The molecule has 0 amide bonds. The first-order chi connectivity index (χ1) is 8.28. The molecule has 0 aliphatic heterocycles. The molecule has 3 N–H and O–H groups in total. The van der Waals surface area contributed by atoms with Crippen LogP contribution >= 0.6 is 0 Å². The second-order valence-electron chi connectivity index (χ2n) is 4.35. The Morgan fingerprint density at radius 1 is 1.33 bits per heavy atom. The summed E-state index contributed by atoms with van der Waals surface area (Å²) < 4.78 is 22.2. The normalized spacial score (nSPS) is 13.2. The van der Waals surface area contributed by atoms with Gasteiger partial charge in [-0.1, -0.05) is 24.3 Å². The van der Waals surface area contributed by atoms with Crippen LogP contribution in [-0.2, 0) is 20.4 Å². The van der Waals surface area contributed by atoms with Crippen LogP contribution in [0.2, 0.25) is 0 Å². The molecule has 1 unspecified atom stereocenters. The number of aliphatic carboxylic acids is 1. The molecule has 0 saturated heterocycles. The average molecular weight is 271 g/mol. The fourth-order valence-electron chi connectivity index (χ4n) is 1.61. The molecule has 0 spiro atoms. The van der Waals surface area contributed by atoms with E-state index in [-0.39, 0.29) is 18.2 Å². The Balaban J connectivity index is 2.67. The SMILES string of the molecule is CS(=O)(=O)Cc1ccc(C(N)CCC(=O)O)cc1. The summed E-state index contributed by atoms with van der Waals surface area (Å²) in [6.07, 6.45) is 1.56. The summed E-state index contributed by atoms with van der Waals surface area (Å²) >= 11 is 0. The van der Waals surface area contributed by atoms with Gasteiger partial charge in [0.2, 0.25) is 0 Å². The minimum absolute atomic E-state index is 0.00234. The first-order valence-corrected chi connectivity index (χ1v) is 7.58. The van der Waals surface area contributed by atoms with E-state index in [1.54, 1.807) is 24.3 Å². The number of carboxylic acid groups (broad SMARTS) is 1. The van der Waals surface area contributed by atoms with E-state index < -0.39 is 15.8 Å². The van der Waals surface area contributed by atoms with Gasteiger partial charge in [0.25, 0.3) is 0 Å². The topological polar surface area (TPSA) is 97.5 Å². The number of nitrogens with two attached hydrogens (primary N) is 1. The molecular weight excluding hydrogens is 254 g/mol. The number of hydrogen-bond donors (Lipinski definition) is 2. The lowest BCUT2D eigenvalue weighted by Gasteiger charge is -2.11. The van der Waals surface area contributed by atoms with Gasteiger partial charge in [0, 0.05) is 18.7 Å². The molecule has 0 heterocycles. The third-order valence-corrected chi connectivity index (χ3v) is 3.36. The lowest BCUT2D eigenvalue weighted by molar-refractivity contribution is -0.137. The number of carboxylic acids is 1. The van der Waals surface area contributed by atoms with Gasteiger partial charge >= 0.3 is 5.97 Å². The van der Waals surface area contributed by atoms with E-state index in [0.717, 1.165) is 5.56 Å². The van der Waals surface area contributed by atoms with Crippen LogP contribution in [0.4, 0.5) is 0 Å². The highest BCUT2D eigenvalue weighted by molar-refractivity contribution is 7.89. The molecule has 100 valence electrons. The maximum atomic E-state index is 11.1. The number of hydrogen-bond acceptors (Lipinski definition) is 4. The Morgan fingerprint density at radius 2 is 1.89 bits per heavy atom. The van der Waals surface area contributed by atoms with Crippen molar-refractivity contribution in [3.63, 3.8) is 0 Å². The van der Waals surface area contributed by atoms with Crippen LogP contribution in [-0.4, -0.2) is 25.7 Å². The molecule has 18 heavy (non-hydrogen) atoms. The number of sulfone groups is 1. The largest absolute Gasteiger partial charge is 0.481 e. The second kappa shape index (κ2) is 5.97. The molecule has 0 bridgehead atoms. The molecule has 1 aromatic carbocycles. The van der Waals surface area contributed by atoms with Crippen molar-refractivity contribution < 1.29 is 18.3 Å². The van der Waals surface area contributed by atoms with E-state index in [9.17, 15) is 13.2 Å². The summed E-state index contributed by atoms with van der Waals surface area (Å²) in [4.78, 5) is 10.4. The Morgan fingerprint density at radius 3 is 2.33 bits per heavy atom. The lowest BCUT2D eigenvalue weighted by atomic mass is 10.0. The molecular formula is C12H17NO4S. The quantitative estimate of drug-likeness (QED) is 0.807. The number of rotatable bonds is 6. The van der Waals surface area contributed by atoms with Gasteiger partial charge in [-0.3, -0.25) is 4.79 Å². The maximum Gasteiger partial charge on any atom is 0.303 e. The molecule has 6 heteroatoms. The van der Waals surface area contributed by atoms with E-state index >= 15 is 0 Å². The summed E-state index contributed by atoms with van der Waals surface area (Å²) in [6, 6.07) is 6.56. The molecule has 5 nitrogen and oxygen atoms in total. The highest BCUT2D eigenvalue weighted by atomic mass is 32.2. The van der Waals surface area contributed by atoms with Gasteiger partial charge < -0.3 is 10.8 Å². The minimum Gasteiger partial charge on any atom is -0.481 e. The van der Waals surface area contributed by atoms with Crippen molar-refractivity contribution in [1.82, 2.24) is 0 Å². The Kier molecular flexibility index (Phi) is 4.86. The van der Waals surface area contributed by atoms with Crippen molar-refractivity contribution in [2.75, 3.05) is 6.26 Å². The molecule has 0 aliphatic carbocycles. The zero-order valence-electron chi connectivity index (χ0n) is 10.2. The molecule has 1 aromatic rings. The fraction of sp³-hybridized carbons (Fsp3) is 0.417. The monoisotopic (exact) mass is 271 g/mol. The fourth-order valence-corrected chi connectivity index (χ4v) is 2.41. The first-order valence-electron chi connectivity index (χ1n) is 5.52. The van der Waals surface area contributed by atoms with Crippen LogP contribution in [0.15, 0.2) is 24.3 Å². The van der Waals surface area contributed by atoms with Gasteiger partial charge in [-0.2, -0.15) is 0 Å². The van der Waals surface area contributed by atoms with Gasteiger partial charge in [-0.05, 0) is 17.5 Å². The molecule has 1 rings (SSSR count). The smallest absolute Gasteiger partial charge is 0.303 e. The average Bonchev–Trinajstić information content (AvgIpc) is 2.24. The van der Waals surface area contributed by atoms with Crippen molar-refractivity contribution in [2.24, 2.45) is 5.73 Å². The van der Waals surface area contributed by atoms with Crippen molar-refractivity contribution in [3.05, 3.63) is 35.4 Å². The molecule has 0 aromatic heterocycles. The lowest BCUT2D eigenvalue weighted by Crippen LogP contribution is -2.12. The van der Waals surface area contributed by atoms with Crippen molar-refractivity contribution >= 4 is 15.8 Å². The van der Waals surface area contributed by atoms with Crippen LogP contribution in [0, 0.1) is 0 Å². The van der Waals surface area contributed by atoms with E-state index in [1.807, 2.05) is 0 Å². The summed E-state index contributed by atoms with van der Waals surface area (Å²) in [5.74, 6) is -0.878. The summed E-state index contributed by atoms with van der Waals surface area (Å²) in [5.41, 5.74) is 7.35. The van der Waals surface area contributed by atoms with Crippen LogP contribution in [0.25, 0.3) is 0 Å². The first kappa shape index (κ1) is 14.7. The van der Waals surface area contributed by atoms with Crippen LogP contribution < -0.4 is 5.73 Å². The molecule has 0 radical (unpaired) electrons. The third kappa shape index (κ3) is 5.29. The minimum atomic E-state index is -3.04. The van der Waals surface area contributed by atoms with Gasteiger partial charge in [0.1, 0.15) is 0 Å². The van der Waals surface area contributed by atoms with Gasteiger partial charge in [-0.25, -0.2) is 8.42 Å². The van der Waals surface area contributed by atoms with Gasteiger partial charge in [-0.15, -0.1) is 0 Å². The summed E-state index contributed by atoms with van der Waals surface area (Å²) in [5, 5.41) is 8.56. The van der Waals surface area contributed by atoms with Crippen LogP contribution in [0.5, 0.6) is 0 Å². The molecule has 0 fully saturated rings. The zero-order chi connectivity index (χ0) is 13.8. The Hall–Kier alpha value is -1.40. The number of carbonyl (C=O) groups is 1. The summed E-state index contributed by atoms with van der Waals surface area (Å²) in [6.45, 7) is 0. The van der Waals surface area contributed by atoms with Crippen molar-refractivity contribution in [1.29, 1.82) is 0 Å². The maximum absolute atomic E-state index is 11.1. The van der Waals surface area contributed by atoms with Crippen molar-refractivity contribution in [2.45, 2.75) is 24.6 Å². The highest BCUT2D eigenvalue weighted by Crippen LogP contribution is 2.17. The third-order valence-electron chi connectivity index (χ3n) is 2.51. The summed E-state index contributed by atoms with van der Waals surface area (Å²) in [7, 11) is -3.04. The highest BCUT2D eigenvalue weighted by Gasteiger charge is 2.09. The van der Waals surface area contributed by atoms with E-state index in [4.69, 9.17) is 10.8 Å². The van der Waals surface area contributed by atoms with E-state index in [2.05, 4.69) is 0 Å². The Labute approximate surface area is 107 Å². The molecule has 1 atom stereocenters. The second-order valence-corrected chi connectivity index (χ2v) is 6.49. The number of benzene rings is 1. The standard InChI is InChI=1S/C12H17NO4S/c1-18(16,17)8-9-2-4-10(5-3-9)11(13)6-7-12(14)15/h2-5,11H,6-8,13H2,1H3,(H,14,15). The van der Waals surface area contributed by atoms with Crippen LogP contribution in [0.3, 0.4) is 0 Å². The van der Waals surface area contributed by atoms with Crippen LogP contribution in [0.1, 0.15) is 30.0 Å². The predicted molar refractivity (Wildman–Crippen MR) is 68.8 cm³/mol. The van der Waals surface area contributed by atoms with Gasteiger partial charge in [0.15, 0.2) is 9.84 Å². The van der Waals surface area contributed by atoms with E-state index in [1.165, 1.54) is 6.26 Å². The molecule has 0 aliphatic rings. The zero-order valence-corrected chi connectivity index (χ0v) is 11.0. The van der Waals surface area contributed by atoms with E-state index in [0.29, 0.717) is 12.0 Å². The van der Waals surface area contributed by atoms with Gasteiger partial charge in [0.05, 0.1) is 5.75 Å². The predicted octanol–water partition coefficient (Wildman–Crippen LogP) is 1.10. The van der Waals surface area contributed by atoms with Crippen molar-refractivity contribution in [3.8, 4) is 0 Å². The molecule has 0 saturated carbocycles. The Bertz CT molecular complexity index is 507.